The molecule has 4 nitrogen and oxygen atoms in total. The van der Waals surface area contributed by atoms with E-state index < -0.39 is 11.9 Å². The van der Waals surface area contributed by atoms with Crippen LogP contribution in [0.15, 0.2) is 17.3 Å². The zero-order valence-electron chi connectivity index (χ0n) is 6.75. The van der Waals surface area contributed by atoms with Gasteiger partial charge in [0.05, 0.1) is 10.7 Å². The van der Waals surface area contributed by atoms with Crippen LogP contribution in [0.2, 0.25) is 10.0 Å². The van der Waals surface area contributed by atoms with E-state index in [9.17, 15) is 9.70 Å². The summed E-state index contributed by atoms with van der Waals surface area (Å²) in [5.74, 6) is -0.403. The molecule has 2 rings (SSSR count). The van der Waals surface area contributed by atoms with Crippen LogP contribution in [-0.2, 0) is 0 Å². The van der Waals surface area contributed by atoms with Crippen LogP contribution in [0.5, 0.6) is 0 Å². The smallest absolute Gasteiger partial charge is 0.224 e. The highest BCUT2D eigenvalue weighted by Crippen LogP contribution is 2.35. The normalized spacial score (nSPS) is 19.0. The number of ketones is 1. The van der Waals surface area contributed by atoms with E-state index >= 15 is 0 Å². The first-order valence-electron chi connectivity index (χ1n) is 3.75. The van der Waals surface area contributed by atoms with Gasteiger partial charge < -0.3 is 5.32 Å². The van der Waals surface area contributed by atoms with E-state index in [-0.39, 0.29) is 0 Å². The van der Waals surface area contributed by atoms with E-state index in [2.05, 4.69) is 10.5 Å². The molecule has 1 N–H and O–H groups in total. The van der Waals surface area contributed by atoms with Gasteiger partial charge >= 0.3 is 0 Å². The molecular weight excluding hydrogens is 227 g/mol. The van der Waals surface area contributed by atoms with Crippen molar-refractivity contribution in [1.82, 2.24) is 0 Å². The molecule has 0 saturated heterocycles. The maximum atomic E-state index is 11.5. The van der Waals surface area contributed by atoms with Crippen molar-refractivity contribution in [2.24, 2.45) is 5.18 Å². The van der Waals surface area contributed by atoms with Gasteiger partial charge in [-0.15, -0.1) is 4.91 Å². The second-order valence-electron chi connectivity index (χ2n) is 2.83. The molecule has 1 aliphatic heterocycles. The molecule has 1 aromatic rings. The van der Waals surface area contributed by atoms with Gasteiger partial charge in [-0.3, -0.25) is 4.79 Å². The number of nitroso groups, excluding NO2 is 1. The summed E-state index contributed by atoms with van der Waals surface area (Å²) in [5.41, 5.74) is 0.734. The average molecular weight is 231 g/mol. The lowest BCUT2D eigenvalue weighted by Crippen LogP contribution is -2.18. The van der Waals surface area contributed by atoms with Crippen molar-refractivity contribution in [3.05, 3.63) is 32.6 Å². The van der Waals surface area contributed by atoms with Crippen LogP contribution in [0.1, 0.15) is 10.4 Å². The van der Waals surface area contributed by atoms with E-state index in [0.717, 1.165) is 0 Å². The maximum absolute atomic E-state index is 11.5. The van der Waals surface area contributed by atoms with Gasteiger partial charge in [-0.25, -0.2) is 0 Å². The van der Waals surface area contributed by atoms with Gasteiger partial charge in [0.15, 0.2) is 0 Å². The van der Waals surface area contributed by atoms with Crippen molar-refractivity contribution in [2.75, 3.05) is 5.32 Å². The summed E-state index contributed by atoms with van der Waals surface area (Å²) in [6, 6.07) is 2.96. The second kappa shape index (κ2) is 3.22. The Bertz CT molecular complexity index is 434. The molecular formula is C8H4Cl2N2O2. The molecule has 1 heterocycles. The second-order valence-corrected chi connectivity index (χ2v) is 3.67. The molecule has 0 aliphatic carbocycles. The molecule has 72 valence electrons. The molecule has 14 heavy (non-hydrogen) atoms. The maximum Gasteiger partial charge on any atom is 0.224 e. The van der Waals surface area contributed by atoms with Crippen LogP contribution in [-0.4, -0.2) is 11.9 Å². The Morgan fingerprint density at radius 1 is 1.36 bits per heavy atom. The number of carbonyl (C=O) groups excluding carboxylic acids is 1. The molecule has 0 aromatic heterocycles. The van der Waals surface area contributed by atoms with Crippen LogP contribution in [0.4, 0.5) is 5.69 Å². The van der Waals surface area contributed by atoms with Crippen LogP contribution < -0.4 is 5.32 Å². The lowest BCUT2D eigenvalue weighted by atomic mass is 10.1. The van der Waals surface area contributed by atoms with E-state index in [0.29, 0.717) is 21.3 Å². The lowest BCUT2D eigenvalue weighted by molar-refractivity contribution is 0.0981. The molecule has 0 radical (unpaired) electrons. The van der Waals surface area contributed by atoms with Crippen LogP contribution in [0.3, 0.4) is 0 Å². The first kappa shape index (κ1) is 9.43. The van der Waals surface area contributed by atoms with E-state index in [1.54, 1.807) is 0 Å². The Morgan fingerprint density at radius 3 is 2.71 bits per heavy atom. The topological polar surface area (TPSA) is 58.5 Å². The van der Waals surface area contributed by atoms with Crippen molar-refractivity contribution in [2.45, 2.75) is 6.17 Å². The standard InChI is InChI=1S/C8H4Cl2N2O2/c9-3-1-4-6(5(10)2-3)11-8(12-14)7(4)13/h1-2,8,11H/t8-/m0/s1. The number of fused-ring (bicyclic) bond motifs is 1. The molecule has 0 unspecified atom stereocenters. The zero-order valence-corrected chi connectivity index (χ0v) is 8.26. The van der Waals surface area contributed by atoms with Crippen molar-refractivity contribution in [3.63, 3.8) is 0 Å². The molecule has 1 aromatic carbocycles. The lowest BCUT2D eigenvalue weighted by Gasteiger charge is -2.01. The highest BCUT2D eigenvalue weighted by molar-refractivity contribution is 6.38. The summed E-state index contributed by atoms with van der Waals surface area (Å²) in [6.45, 7) is 0. The highest BCUT2D eigenvalue weighted by atomic mass is 35.5. The fourth-order valence-electron chi connectivity index (χ4n) is 1.34. The number of hydrogen-bond acceptors (Lipinski definition) is 4. The molecule has 0 bridgehead atoms. The van der Waals surface area contributed by atoms with Gasteiger partial charge in [-0.2, -0.15) is 0 Å². The number of rotatable bonds is 1. The molecule has 0 fully saturated rings. The fourth-order valence-corrected chi connectivity index (χ4v) is 1.89. The number of carbonyl (C=O) groups is 1. The summed E-state index contributed by atoms with van der Waals surface area (Å²) in [5, 5.41) is 5.92. The predicted molar refractivity (Wildman–Crippen MR) is 54.0 cm³/mol. The van der Waals surface area contributed by atoms with E-state index in [1.807, 2.05) is 0 Å². The number of hydrogen-bond donors (Lipinski definition) is 1. The minimum atomic E-state index is -1.08. The first-order chi connectivity index (χ1) is 6.63. The molecule has 0 amide bonds. The van der Waals surface area contributed by atoms with Crippen molar-refractivity contribution in [1.29, 1.82) is 0 Å². The Labute approximate surface area is 89.2 Å². The van der Waals surface area contributed by atoms with Crippen molar-refractivity contribution in [3.8, 4) is 0 Å². The Morgan fingerprint density at radius 2 is 2.07 bits per heavy atom. The minimum absolute atomic E-state index is 0.312. The molecule has 0 spiro atoms. The number of nitrogens with one attached hydrogen (secondary N) is 1. The third kappa shape index (κ3) is 1.27. The van der Waals surface area contributed by atoms with Gasteiger partial charge in [0, 0.05) is 10.6 Å². The average Bonchev–Trinajstić information content (AvgIpc) is 2.44. The summed E-state index contributed by atoms with van der Waals surface area (Å²) in [4.78, 5) is 21.7. The summed E-state index contributed by atoms with van der Waals surface area (Å²) < 4.78 is 0. The first-order valence-corrected chi connectivity index (χ1v) is 4.51. The number of anilines is 1. The summed E-state index contributed by atoms with van der Waals surface area (Å²) in [6.07, 6.45) is -1.08. The number of benzene rings is 1. The third-order valence-corrected chi connectivity index (χ3v) is 2.47. The molecule has 0 saturated carbocycles. The number of nitrogens with zero attached hydrogens (tertiary/aromatic N) is 1. The monoisotopic (exact) mass is 230 g/mol. The Balaban J connectivity index is 2.59. The Kier molecular flexibility index (Phi) is 2.17. The van der Waals surface area contributed by atoms with Crippen LogP contribution in [0.25, 0.3) is 0 Å². The number of Topliss-reactive ketones (excluding diaryl/α,β-unsaturated/α-hetero) is 1. The highest BCUT2D eigenvalue weighted by Gasteiger charge is 2.32. The minimum Gasteiger partial charge on any atom is -0.353 e. The largest absolute Gasteiger partial charge is 0.353 e. The van der Waals surface area contributed by atoms with Gasteiger partial charge in [0.25, 0.3) is 0 Å². The van der Waals surface area contributed by atoms with Crippen molar-refractivity contribution < 1.29 is 4.79 Å². The zero-order chi connectivity index (χ0) is 10.3. The summed E-state index contributed by atoms with van der Waals surface area (Å²) >= 11 is 11.5. The van der Waals surface area contributed by atoms with Gasteiger partial charge in [-0.05, 0) is 17.3 Å². The van der Waals surface area contributed by atoms with Crippen LogP contribution >= 0.6 is 23.2 Å². The van der Waals surface area contributed by atoms with E-state index in [1.165, 1.54) is 12.1 Å². The molecule has 1 atom stereocenters. The quantitative estimate of drug-likeness (QED) is 0.755. The molecule has 1 aliphatic rings. The Hall–Kier alpha value is -1.13. The van der Waals surface area contributed by atoms with Crippen LogP contribution in [0, 0.1) is 4.91 Å². The van der Waals surface area contributed by atoms with Gasteiger partial charge in [-0.1, -0.05) is 23.2 Å². The third-order valence-electron chi connectivity index (χ3n) is 1.96. The van der Waals surface area contributed by atoms with E-state index in [4.69, 9.17) is 23.2 Å². The molecule has 6 heteroatoms. The van der Waals surface area contributed by atoms with Gasteiger partial charge in [0.1, 0.15) is 0 Å². The summed E-state index contributed by atoms with van der Waals surface area (Å²) in [7, 11) is 0. The SMILES string of the molecule is O=N[C@@H]1Nc2c(Cl)cc(Cl)cc2C1=O. The van der Waals surface area contributed by atoms with Gasteiger partial charge in [0.2, 0.25) is 11.9 Å². The fraction of sp³-hybridized carbons (Fsp3) is 0.125. The number of halogens is 2. The van der Waals surface area contributed by atoms with Crippen molar-refractivity contribution >= 4 is 34.7 Å². The predicted octanol–water partition coefficient (Wildman–Crippen LogP) is 2.69.